The Labute approximate surface area is 100 Å². The molecule has 3 nitrogen and oxygen atoms in total. The zero-order valence-corrected chi connectivity index (χ0v) is 9.94. The molecular weight excluding hydrogens is 221 g/mol. The van der Waals surface area contributed by atoms with E-state index in [0.29, 0.717) is 12.0 Å². The summed E-state index contributed by atoms with van der Waals surface area (Å²) in [5.41, 5.74) is 0.419. The minimum Gasteiger partial charge on any atom is -0.339 e. The van der Waals surface area contributed by atoms with Crippen LogP contribution >= 0.6 is 0 Å². The molecule has 1 rings (SSSR count). The number of halogens is 1. The van der Waals surface area contributed by atoms with Crippen molar-refractivity contribution in [1.82, 2.24) is 5.32 Å². The molecule has 1 atom stereocenters. The largest absolute Gasteiger partial charge is 0.339 e. The Morgan fingerprint density at radius 3 is 2.29 bits per heavy atom. The van der Waals surface area contributed by atoms with Crippen LogP contribution in [0.1, 0.15) is 30.6 Å². The molecular formula is C13H16FNO2. The monoisotopic (exact) mass is 237 g/mol. The van der Waals surface area contributed by atoms with Crippen molar-refractivity contribution in [3.63, 3.8) is 0 Å². The van der Waals surface area contributed by atoms with Crippen LogP contribution in [0.4, 0.5) is 4.39 Å². The summed E-state index contributed by atoms with van der Waals surface area (Å²) in [6.45, 7) is 3.73. The molecule has 1 N–H and O–H groups in total. The number of hydrogen-bond acceptors (Lipinski definition) is 2. The van der Waals surface area contributed by atoms with Gasteiger partial charge in [0.1, 0.15) is 6.04 Å². The van der Waals surface area contributed by atoms with Crippen molar-refractivity contribution in [3.8, 4) is 0 Å². The average molecular weight is 237 g/mol. The first-order valence-corrected chi connectivity index (χ1v) is 5.56. The first-order valence-electron chi connectivity index (χ1n) is 5.56. The number of rotatable bonds is 5. The summed E-state index contributed by atoms with van der Waals surface area (Å²) in [5.74, 6) is -0.293. The molecule has 0 fully saturated rings. The smallest absolute Gasteiger partial charge is 0.323 e. The van der Waals surface area contributed by atoms with Crippen LogP contribution in [0.15, 0.2) is 30.3 Å². The van der Waals surface area contributed by atoms with Crippen molar-refractivity contribution in [2.45, 2.75) is 26.3 Å². The molecule has 0 spiro atoms. The van der Waals surface area contributed by atoms with Crippen LogP contribution in [-0.4, -0.2) is 18.0 Å². The Hall–Kier alpha value is -1.71. The van der Waals surface area contributed by atoms with Crippen molar-refractivity contribution >= 4 is 11.9 Å². The van der Waals surface area contributed by atoms with E-state index in [-0.39, 0.29) is 5.92 Å². The molecule has 92 valence electrons. The summed E-state index contributed by atoms with van der Waals surface area (Å²) in [7, 11) is 0. The molecule has 0 saturated heterocycles. The molecule has 0 heterocycles. The molecule has 1 amide bonds. The van der Waals surface area contributed by atoms with Crippen molar-refractivity contribution in [2.75, 3.05) is 0 Å². The van der Waals surface area contributed by atoms with Gasteiger partial charge in [-0.2, -0.15) is 4.39 Å². The summed E-state index contributed by atoms with van der Waals surface area (Å²) in [5, 5.41) is 2.40. The maximum absolute atomic E-state index is 12.7. The van der Waals surface area contributed by atoms with E-state index in [1.54, 1.807) is 30.3 Å². The van der Waals surface area contributed by atoms with Crippen LogP contribution in [0.3, 0.4) is 0 Å². The lowest BCUT2D eigenvalue weighted by Gasteiger charge is -2.15. The van der Waals surface area contributed by atoms with Gasteiger partial charge < -0.3 is 5.32 Å². The summed E-state index contributed by atoms with van der Waals surface area (Å²) < 4.78 is 12.7. The van der Waals surface area contributed by atoms with Crippen LogP contribution < -0.4 is 5.32 Å². The average Bonchev–Trinajstić information content (AvgIpc) is 2.28. The van der Waals surface area contributed by atoms with Gasteiger partial charge in [-0.25, -0.2) is 0 Å². The van der Waals surface area contributed by atoms with Crippen molar-refractivity contribution in [1.29, 1.82) is 0 Å². The van der Waals surface area contributed by atoms with E-state index in [9.17, 15) is 14.0 Å². The topological polar surface area (TPSA) is 46.2 Å². The highest BCUT2D eigenvalue weighted by Crippen LogP contribution is 2.08. The number of amides is 1. The van der Waals surface area contributed by atoms with Gasteiger partial charge in [-0.05, 0) is 24.5 Å². The van der Waals surface area contributed by atoms with E-state index in [2.05, 4.69) is 5.32 Å². The second-order valence-electron chi connectivity index (χ2n) is 4.33. The number of benzene rings is 1. The molecule has 0 radical (unpaired) electrons. The van der Waals surface area contributed by atoms with E-state index in [1.807, 2.05) is 13.8 Å². The third-order valence-electron chi connectivity index (χ3n) is 2.32. The molecule has 0 aromatic heterocycles. The van der Waals surface area contributed by atoms with Gasteiger partial charge in [0.2, 0.25) is 0 Å². The maximum atomic E-state index is 12.7. The van der Waals surface area contributed by atoms with E-state index in [4.69, 9.17) is 0 Å². The minimum atomic E-state index is -1.50. The van der Waals surface area contributed by atoms with Crippen molar-refractivity contribution < 1.29 is 14.0 Å². The second kappa shape index (κ2) is 6.13. The molecule has 1 aromatic rings. The SMILES string of the molecule is CC(C)C[C@H](NC(=O)c1ccccc1)C(=O)F. The van der Waals surface area contributed by atoms with Gasteiger partial charge in [0, 0.05) is 5.56 Å². The van der Waals surface area contributed by atoms with Gasteiger partial charge in [0.05, 0.1) is 0 Å². The predicted octanol–water partition coefficient (Wildman–Crippen LogP) is 2.33. The van der Waals surface area contributed by atoms with Crippen LogP contribution in [-0.2, 0) is 4.79 Å². The highest BCUT2D eigenvalue weighted by Gasteiger charge is 2.21. The number of nitrogens with one attached hydrogen (secondary N) is 1. The third-order valence-corrected chi connectivity index (χ3v) is 2.32. The fraction of sp³-hybridized carbons (Fsp3) is 0.385. The molecule has 0 aliphatic heterocycles. The van der Waals surface area contributed by atoms with Gasteiger partial charge in [0.25, 0.3) is 5.91 Å². The normalized spacial score (nSPS) is 12.2. The number of carbonyl (C=O) groups excluding carboxylic acids is 2. The molecule has 0 bridgehead atoms. The maximum Gasteiger partial charge on any atom is 0.323 e. The highest BCUT2D eigenvalue weighted by atomic mass is 19.1. The summed E-state index contributed by atoms with van der Waals surface area (Å²) in [4.78, 5) is 22.5. The van der Waals surface area contributed by atoms with Crippen LogP contribution in [0.25, 0.3) is 0 Å². The number of hydrogen-bond donors (Lipinski definition) is 1. The van der Waals surface area contributed by atoms with Crippen molar-refractivity contribution in [2.24, 2.45) is 5.92 Å². The lowest BCUT2D eigenvalue weighted by Crippen LogP contribution is -2.40. The fourth-order valence-corrected chi connectivity index (χ4v) is 1.51. The van der Waals surface area contributed by atoms with Gasteiger partial charge in [0.15, 0.2) is 0 Å². The van der Waals surface area contributed by atoms with E-state index in [1.165, 1.54) is 0 Å². The molecule has 0 saturated carbocycles. The Kier molecular flexibility index (Phi) is 4.82. The van der Waals surface area contributed by atoms with E-state index in [0.717, 1.165) is 0 Å². The molecule has 17 heavy (non-hydrogen) atoms. The lowest BCUT2D eigenvalue weighted by atomic mass is 10.0. The predicted molar refractivity (Wildman–Crippen MR) is 63.3 cm³/mol. The second-order valence-corrected chi connectivity index (χ2v) is 4.33. The van der Waals surface area contributed by atoms with Gasteiger partial charge in [-0.3, -0.25) is 9.59 Å². The van der Waals surface area contributed by atoms with Crippen LogP contribution in [0.5, 0.6) is 0 Å². The summed E-state index contributed by atoms with van der Waals surface area (Å²) in [6, 6.07) is 5.89. The zero-order chi connectivity index (χ0) is 12.8. The lowest BCUT2D eigenvalue weighted by molar-refractivity contribution is -0.131. The first-order chi connectivity index (χ1) is 8.00. The molecule has 4 heteroatoms. The fourth-order valence-electron chi connectivity index (χ4n) is 1.51. The first kappa shape index (κ1) is 13.4. The van der Waals surface area contributed by atoms with Gasteiger partial charge >= 0.3 is 6.04 Å². The Morgan fingerprint density at radius 1 is 1.24 bits per heavy atom. The zero-order valence-electron chi connectivity index (χ0n) is 9.94. The van der Waals surface area contributed by atoms with Gasteiger partial charge in [-0.1, -0.05) is 32.0 Å². The molecule has 0 aliphatic rings. The Morgan fingerprint density at radius 2 is 1.82 bits per heavy atom. The van der Waals surface area contributed by atoms with Gasteiger partial charge in [-0.15, -0.1) is 0 Å². The number of carbonyl (C=O) groups is 2. The summed E-state index contributed by atoms with van der Waals surface area (Å²) >= 11 is 0. The highest BCUT2D eigenvalue weighted by molar-refractivity contribution is 5.96. The Bertz CT molecular complexity index is 390. The van der Waals surface area contributed by atoms with E-state index >= 15 is 0 Å². The molecule has 0 aliphatic carbocycles. The minimum absolute atomic E-state index is 0.135. The molecule has 0 unspecified atom stereocenters. The Balaban J connectivity index is 2.68. The van der Waals surface area contributed by atoms with E-state index < -0.39 is 18.0 Å². The molecule has 1 aromatic carbocycles. The standard InChI is InChI=1S/C13H16FNO2/c1-9(2)8-11(12(14)16)15-13(17)10-6-4-3-5-7-10/h3-7,9,11H,8H2,1-2H3,(H,15,17)/t11-/m0/s1. The van der Waals surface area contributed by atoms with Crippen molar-refractivity contribution in [3.05, 3.63) is 35.9 Å². The summed E-state index contributed by atoms with van der Waals surface area (Å²) in [6.07, 6.45) is 0.300. The third kappa shape index (κ3) is 4.34. The van der Waals surface area contributed by atoms with Crippen LogP contribution in [0.2, 0.25) is 0 Å². The van der Waals surface area contributed by atoms with Crippen LogP contribution in [0, 0.1) is 5.92 Å². The quantitative estimate of drug-likeness (QED) is 0.799.